The van der Waals surface area contributed by atoms with Crippen LogP contribution in [0, 0.1) is 0 Å². The van der Waals surface area contributed by atoms with Crippen molar-refractivity contribution in [2.45, 2.75) is 322 Å². The first-order chi connectivity index (χ1) is 33.0. The Kier molecular flexibility index (Phi) is 54.2. The van der Waals surface area contributed by atoms with E-state index in [2.05, 4.69) is 57.2 Å². The number of hydrogen-bond donors (Lipinski definition) is 0. The van der Waals surface area contributed by atoms with Crippen LogP contribution in [0.5, 0.6) is 0 Å². The van der Waals surface area contributed by atoms with E-state index in [-0.39, 0.29) is 31.1 Å². The summed E-state index contributed by atoms with van der Waals surface area (Å²) in [6, 6.07) is 0. The summed E-state index contributed by atoms with van der Waals surface area (Å²) in [5, 5.41) is 0. The normalized spacial score (nSPS) is 12.2. The number of esters is 3. The number of ether oxygens (including phenoxy) is 3. The smallest absolute Gasteiger partial charge is 0.306 e. The van der Waals surface area contributed by atoms with Crippen LogP contribution >= 0.6 is 0 Å². The molecule has 0 fully saturated rings. The molecule has 0 radical (unpaired) electrons. The number of rotatable bonds is 54. The van der Waals surface area contributed by atoms with Gasteiger partial charge in [-0.3, -0.25) is 14.4 Å². The second-order valence-corrected chi connectivity index (χ2v) is 19.9. The Morgan fingerprint density at radius 2 is 0.537 bits per heavy atom. The zero-order valence-electron chi connectivity index (χ0n) is 44.9. The molecule has 0 unspecified atom stereocenters. The van der Waals surface area contributed by atoms with Crippen molar-refractivity contribution in [3.63, 3.8) is 0 Å². The van der Waals surface area contributed by atoms with Crippen LogP contribution in [-0.2, 0) is 28.6 Å². The van der Waals surface area contributed by atoms with Crippen molar-refractivity contribution in [3.05, 3.63) is 36.5 Å². The fraction of sp³-hybridized carbons (Fsp3) is 0.852. The Bertz CT molecular complexity index is 1130. The third-order valence-corrected chi connectivity index (χ3v) is 13.1. The predicted molar refractivity (Wildman–Crippen MR) is 289 cm³/mol. The zero-order chi connectivity index (χ0) is 48.6. The van der Waals surface area contributed by atoms with Gasteiger partial charge in [0.15, 0.2) is 6.10 Å². The Balaban J connectivity index is 4.35. The lowest BCUT2D eigenvalue weighted by Crippen LogP contribution is -2.30. The van der Waals surface area contributed by atoms with Gasteiger partial charge < -0.3 is 14.2 Å². The first kappa shape index (κ1) is 64.6. The molecule has 0 aliphatic rings. The lowest BCUT2D eigenvalue weighted by Gasteiger charge is -2.18. The molecule has 0 aliphatic carbocycles. The molecular formula is C61H112O6. The van der Waals surface area contributed by atoms with Crippen molar-refractivity contribution in [1.82, 2.24) is 0 Å². The monoisotopic (exact) mass is 941 g/mol. The average Bonchev–Trinajstić information content (AvgIpc) is 3.33. The van der Waals surface area contributed by atoms with Gasteiger partial charge in [0.2, 0.25) is 0 Å². The predicted octanol–water partition coefficient (Wildman–Crippen LogP) is 19.7. The van der Waals surface area contributed by atoms with E-state index in [1.54, 1.807) is 0 Å². The van der Waals surface area contributed by atoms with E-state index in [9.17, 15) is 14.4 Å². The number of hydrogen-bond acceptors (Lipinski definition) is 6. The summed E-state index contributed by atoms with van der Waals surface area (Å²) in [6.07, 6.45) is 67.0. The van der Waals surface area contributed by atoms with Gasteiger partial charge >= 0.3 is 17.9 Å². The highest BCUT2D eigenvalue weighted by molar-refractivity contribution is 5.71. The van der Waals surface area contributed by atoms with E-state index in [0.717, 1.165) is 83.5 Å². The fourth-order valence-corrected chi connectivity index (χ4v) is 8.65. The molecule has 0 aromatic carbocycles. The molecule has 0 N–H and O–H groups in total. The summed E-state index contributed by atoms with van der Waals surface area (Å²) < 4.78 is 16.9. The van der Waals surface area contributed by atoms with Crippen molar-refractivity contribution in [2.24, 2.45) is 0 Å². The molecule has 0 saturated carbocycles. The maximum Gasteiger partial charge on any atom is 0.306 e. The van der Waals surface area contributed by atoms with Crippen molar-refractivity contribution >= 4 is 17.9 Å². The zero-order valence-corrected chi connectivity index (χ0v) is 44.9. The molecule has 0 amide bonds. The highest BCUT2D eigenvalue weighted by Crippen LogP contribution is 2.17. The van der Waals surface area contributed by atoms with Gasteiger partial charge in [-0.25, -0.2) is 0 Å². The lowest BCUT2D eigenvalue weighted by atomic mass is 10.0. The number of unbranched alkanes of at least 4 members (excludes halogenated alkanes) is 37. The Labute approximate surface area is 416 Å². The first-order valence-corrected chi connectivity index (χ1v) is 29.5. The minimum absolute atomic E-state index is 0.0776. The maximum absolute atomic E-state index is 12.9. The SMILES string of the molecule is CCCCC/C=C\C/C=C\CCCCCCCC(=O)OC[C@H](COC(=O)CCCCCCC/C=C\CCCCCCCC)OC(=O)CCCCCCCCCCCCCCCCCCCCC. The topological polar surface area (TPSA) is 78.9 Å². The van der Waals surface area contributed by atoms with Crippen LogP contribution in [0.25, 0.3) is 0 Å². The highest BCUT2D eigenvalue weighted by Gasteiger charge is 2.19. The third kappa shape index (κ3) is 54.4. The molecule has 0 aromatic heterocycles. The summed E-state index contributed by atoms with van der Waals surface area (Å²) >= 11 is 0. The summed E-state index contributed by atoms with van der Waals surface area (Å²) in [4.78, 5) is 38.2. The van der Waals surface area contributed by atoms with E-state index in [4.69, 9.17) is 14.2 Å². The van der Waals surface area contributed by atoms with E-state index in [1.165, 1.54) is 193 Å². The number of carbonyl (C=O) groups is 3. The second-order valence-electron chi connectivity index (χ2n) is 19.9. The number of carbonyl (C=O) groups excluding carboxylic acids is 3. The highest BCUT2D eigenvalue weighted by atomic mass is 16.6. The van der Waals surface area contributed by atoms with Crippen molar-refractivity contribution < 1.29 is 28.6 Å². The molecule has 0 heterocycles. The molecule has 1 atom stereocenters. The van der Waals surface area contributed by atoms with E-state index >= 15 is 0 Å². The van der Waals surface area contributed by atoms with Gasteiger partial charge in [0, 0.05) is 19.3 Å². The van der Waals surface area contributed by atoms with Crippen LogP contribution in [0.2, 0.25) is 0 Å². The molecule has 0 aromatic rings. The van der Waals surface area contributed by atoms with Crippen molar-refractivity contribution in [1.29, 1.82) is 0 Å². The van der Waals surface area contributed by atoms with Crippen molar-refractivity contribution in [3.8, 4) is 0 Å². The van der Waals surface area contributed by atoms with E-state index in [0.29, 0.717) is 19.3 Å². The third-order valence-electron chi connectivity index (χ3n) is 13.1. The molecular weight excluding hydrogens is 829 g/mol. The van der Waals surface area contributed by atoms with Crippen LogP contribution in [0.15, 0.2) is 36.5 Å². The van der Waals surface area contributed by atoms with Crippen LogP contribution < -0.4 is 0 Å². The molecule has 6 heteroatoms. The second kappa shape index (κ2) is 56.2. The fourth-order valence-electron chi connectivity index (χ4n) is 8.65. The standard InChI is InChI=1S/C61H112O6/c1-4-7-10-13-16-19-22-25-28-29-30-31-34-37-40-43-46-49-52-55-61(64)67-58(56-65-59(62)53-50-47-44-41-38-35-32-26-23-20-17-14-11-8-5-2)57-66-60(63)54-51-48-45-42-39-36-33-27-24-21-18-15-12-9-6-3/h17,20,26-27,32-33,58H,4-16,18-19,21-25,28-31,34-57H2,1-3H3/b20-17-,32-26-,33-27-/t58-/m1/s1. The summed E-state index contributed by atoms with van der Waals surface area (Å²) in [5.41, 5.74) is 0. The van der Waals surface area contributed by atoms with E-state index in [1.807, 2.05) is 0 Å². The summed E-state index contributed by atoms with van der Waals surface area (Å²) in [5.74, 6) is -0.880. The molecule has 0 rings (SSSR count). The lowest BCUT2D eigenvalue weighted by molar-refractivity contribution is -0.167. The molecule has 0 aliphatic heterocycles. The maximum atomic E-state index is 12.9. The molecule has 0 bridgehead atoms. The molecule has 6 nitrogen and oxygen atoms in total. The van der Waals surface area contributed by atoms with Gasteiger partial charge in [0.05, 0.1) is 0 Å². The minimum atomic E-state index is -0.778. The largest absolute Gasteiger partial charge is 0.462 e. The van der Waals surface area contributed by atoms with Gasteiger partial charge in [-0.1, -0.05) is 256 Å². The van der Waals surface area contributed by atoms with Gasteiger partial charge in [0.25, 0.3) is 0 Å². The molecule has 0 spiro atoms. The summed E-state index contributed by atoms with van der Waals surface area (Å²) in [6.45, 7) is 6.63. The molecule has 67 heavy (non-hydrogen) atoms. The van der Waals surface area contributed by atoms with Gasteiger partial charge in [-0.2, -0.15) is 0 Å². The molecule has 392 valence electrons. The van der Waals surface area contributed by atoms with Crippen LogP contribution in [0.3, 0.4) is 0 Å². The molecule has 0 saturated heterocycles. The van der Waals surface area contributed by atoms with Gasteiger partial charge in [-0.05, 0) is 77.0 Å². The average molecular weight is 942 g/mol. The van der Waals surface area contributed by atoms with Gasteiger partial charge in [-0.15, -0.1) is 0 Å². The van der Waals surface area contributed by atoms with E-state index < -0.39 is 6.10 Å². The quantitative estimate of drug-likeness (QED) is 0.0262. The first-order valence-electron chi connectivity index (χ1n) is 29.5. The Morgan fingerprint density at radius 1 is 0.299 bits per heavy atom. The summed E-state index contributed by atoms with van der Waals surface area (Å²) in [7, 11) is 0. The van der Waals surface area contributed by atoms with Crippen LogP contribution in [0.1, 0.15) is 316 Å². The minimum Gasteiger partial charge on any atom is -0.462 e. The van der Waals surface area contributed by atoms with Crippen molar-refractivity contribution in [2.75, 3.05) is 13.2 Å². The Hall–Kier alpha value is -2.37. The Morgan fingerprint density at radius 3 is 0.866 bits per heavy atom. The van der Waals surface area contributed by atoms with Crippen LogP contribution in [0.4, 0.5) is 0 Å². The van der Waals surface area contributed by atoms with Gasteiger partial charge in [0.1, 0.15) is 13.2 Å². The number of allylic oxidation sites excluding steroid dienone is 6. The van der Waals surface area contributed by atoms with Crippen LogP contribution in [-0.4, -0.2) is 37.2 Å².